The van der Waals surface area contributed by atoms with Crippen LogP contribution in [0.3, 0.4) is 0 Å². The van der Waals surface area contributed by atoms with Gasteiger partial charge in [-0.15, -0.1) is 5.10 Å². The molecule has 0 saturated carbocycles. The van der Waals surface area contributed by atoms with Crippen LogP contribution in [0.4, 0.5) is 0 Å². The summed E-state index contributed by atoms with van der Waals surface area (Å²) in [5.74, 6) is 0.546. The number of hydrogen-bond donors (Lipinski definition) is 0. The monoisotopic (exact) mass is 756 g/mol. The van der Waals surface area contributed by atoms with E-state index in [1.54, 1.807) is 0 Å². The lowest BCUT2D eigenvalue weighted by atomic mass is 9.36. The zero-order valence-electron chi connectivity index (χ0n) is 32.8. The molecule has 0 fully saturated rings. The van der Waals surface area contributed by atoms with Gasteiger partial charge in [0.05, 0.1) is 33.8 Å². The topological polar surface area (TPSA) is 69.4 Å². The average molecular weight is 757 g/mol. The first-order chi connectivity index (χ1) is 29.1. The number of pyridine rings is 2. The van der Waals surface area contributed by atoms with Gasteiger partial charge in [-0.25, -0.2) is 4.98 Å². The van der Waals surface area contributed by atoms with Crippen molar-refractivity contribution in [3.8, 4) is 28.5 Å². The summed E-state index contributed by atoms with van der Waals surface area (Å²) in [6, 6.07) is 64.8. The third-order valence-electron chi connectivity index (χ3n) is 11.4. The van der Waals surface area contributed by atoms with Crippen LogP contribution in [0.25, 0.3) is 50.3 Å². The smallest absolute Gasteiger partial charge is 0.254 e. The van der Waals surface area contributed by atoms with Crippen molar-refractivity contribution in [3.05, 3.63) is 206 Å². The van der Waals surface area contributed by atoms with E-state index in [1.165, 1.54) is 21.9 Å². The lowest BCUT2D eigenvalue weighted by Gasteiger charge is -2.17. The Morgan fingerprint density at radius 2 is 0.847 bits per heavy atom. The van der Waals surface area contributed by atoms with E-state index in [4.69, 9.17) is 10.1 Å². The second-order valence-electron chi connectivity index (χ2n) is 15.0. The van der Waals surface area contributed by atoms with E-state index in [0.29, 0.717) is 5.95 Å². The van der Waals surface area contributed by atoms with Crippen molar-refractivity contribution in [2.24, 2.45) is 0 Å². The molecule has 0 amide bonds. The van der Waals surface area contributed by atoms with E-state index in [0.717, 1.165) is 66.6 Å². The van der Waals surface area contributed by atoms with Crippen molar-refractivity contribution in [2.75, 3.05) is 0 Å². The normalized spacial score (nSPS) is 11.2. The predicted octanol–water partition coefficient (Wildman–Crippen LogP) is 6.74. The van der Waals surface area contributed by atoms with Gasteiger partial charge in [0.25, 0.3) is 5.95 Å². The minimum atomic E-state index is -0.0427. The Morgan fingerprint density at radius 1 is 0.390 bits per heavy atom. The van der Waals surface area contributed by atoms with Crippen molar-refractivity contribution < 1.29 is 0 Å². The molecule has 10 rings (SSSR count). The zero-order valence-corrected chi connectivity index (χ0v) is 32.8. The Bertz CT molecular complexity index is 2900. The highest BCUT2D eigenvalue weighted by molar-refractivity contribution is 6.96. The molecule has 0 aliphatic carbocycles. The number of nitrogens with zero attached hydrogens (tertiary/aromatic N) is 6. The molecule has 4 heterocycles. The van der Waals surface area contributed by atoms with Gasteiger partial charge in [-0.05, 0) is 61.4 Å². The summed E-state index contributed by atoms with van der Waals surface area (Å²) in [4.78, 5) is 14.4. The predicted molar refractivity (Wildman–Crippen MR) is 245 cm³/mol. The molecule has 6 nitrogen and oxygen atoms in total. The van der Waals surface area contributed by atoms with Gasteiger partial charge in [0.2, 0.25) is 13.4 Å². The summed E-state index contributed by atoms with van der Waals surface area (Å²) in [5.41, 5.74) is 14.9. The second-order valence-corrected chi connectivity index (χ2v) is 15.0. The summed E-state index contributed by atoms with van der Waals surface area (Å²) >= 11 is 0. The van der Waals surface area contributed by atoms with Gasteiger partial charge in [-0.3, -0.25) is 14.5 Å². The molecule has 0 bridgehead atoms. The Kier molecular flexibility index (Phi) is 9.43. The highest BCUT2D eigenvalue weighted by Crippen LogP contribution is 2.30. The molecule has 8 heteroatoms. The lowest BCUT2D eigenvalue weighted by molar-refractivity contribution is 0.839. The number of aryl methyl sites for hydroxylation is 2. The van der Waals surface area contributed by atoms with E-state index >= 15 is 0 Å². The molecule has 0 spiro atoms. The van der Waals surface area contributed by atoms with E-state index in [2.05, 4.69) is 177 Å². The minimum absolute atomic E-state index is 0.0427. The standard InChI is InChI=1S/C51H38B2N6/c1-35-36(2)57-58-51(56-35)59-49-33-43(52(39-17-5-3-6-18-39)41-21-13-15-37(31-41)47-23-9-11-29-54-47)25-27-45(49)46-28-26-44(34-50(46)59)53(40-19-7-4-8-20-40)42-22-14-16-38(32-42)48-24-10-12-30-55-48/h3-34H,1-2H3. The van der Waals surface area contributed by atoms with Crippen LogP contribution in [0, 0.1) is 13.8 Å². The fraction of sp³-hybridized carbons (Fsp3) is 0.0392. The highest BCUT2D eigenvalue weighted by atomic mass is 15.3. The molecule has 0 atom stereocenters. The van der Waals surface area contributed by atoms with E-state index in [1.807, 2.05) is 50.5 Å². The van der Waals surface area contributed by atoms with E-state index < -0.39 is 0 Å². The molecule has 59 heavy (non-hydrogen) atoms. The molecule has 278 valence electrons. The summed E-state index contributed by atoms with van der Waals surface area (Å²) in [6.07, 6.45) is 3.69. The molecule has 0 N–H and O–H groups in total. The summed E-state index contributed by atoms with van der Waals surface area (Å²) < 4.78 is 2.20. The molecule has 0 aliphatic rings. The summed E-state index contributed by atoms with van der Waals surface area (Å²) in [5, 5.41) is 11.6. The maximum absolute atomic E-state index is 5.06. The highest BCUT2D eigenvalue weighted by Gasteiger charge is 2.27. The SMILES string of the molecule is Cc1nnc(-n2c3cc(B(c4ccccc4)c4cccc(-c5ccccn5)c4)ccc3c3ccc(B(c4ccccc4)c4cccc(-c5ccccn5)c4)cc32)nc1C. The van der Waals surface area contributed by atoms with Crippen LogP contribution in [0.15, 0.2) is 194 Å². The zero-order chi connectivity index (χ0) is 39.7. The van der Waals surface area contributed by atoms with Gasteiger partial charge in [-0.1, -0.05) is 178 Å². The number of benzene rings is 6. The molecule has 0 aliphatic heterocycles. The van der Waals surface area contributed by atoms with E-state index in [-0.39, 0.29) is 13.4 Å². The maximum Gasteiger partial charge on any atom is 0.254 e. The van der Waals surface area contributed by atoms with Crippen molar-refractivity contribution in [1.82, 2.24) is 29.7 Å². The average Bonchev–Trinajstić information content (AvgIpc) is 3.62. The molecule has 4 aromatic heterocycles. The molecular weight excluding hydrogens is 718 g/mol. The molecule has 6 aromatic carbocycles. The molecule has 0 unspecified atom stereocenters. The van der Waals surface area contributed by atoms with Crippen LogP contribution in [-0.4, -0.2) is 43.1 Å². The second kappa shape index (κ2) is 15.5. The summed E-state index contributed by atoms with van der Waals surface area (Å²) in [7, 11) is 0. The van der Waals surface area contributed by atoms with Crippen molar-refractivity contribution in [2.45, 2.75) is 13.8 Å². The van der Waals surface area contributed by atoms with Gasteiger partial charge < -0.3 is 0 Å². The number of rotatable bonds is 9. The minimum Gasteiger partial charge on any atom is -0.277 e. The Labute approximate surface area is 344 Å². The Hall–Kier alpha value is -7.44. The third kappa shape index (κ3) is 6.89. The van der Waals surface area contributed by atoms with Crippen LogP contribution >= 0.6 is 0 Å². The number of fused-ring (bicyclic) bond motifs is 3. The van der Waals surface area contributed by atoms with Gasteiger partial charge in [0.15, 0.2) is 0 Å². The first kappa shape index (κ1) is 35.9. The van der Waals surface area contributed by atoms with Crippen molar-refractivity contribution in [3.63, 3.8) is 0 Å². The largest absolute Gasteiger partial charge is 0.277 e. The van der Waals surface area contributed by atoms with Crippen LogP contribution < -0.4 is 32.8 Å². The fourth-order valence-corrected chi connectivity index (χ4v) is 8.44. The Balaban J connectivity index is 1.19. The summed E-state index contributed by atoms with van der Waals surface area (Å²) in [6.45, 7) is 3.87. The van der Waals surface area contributed by atoms with Gasteiger partial charge in [-0.2, -0.15) is 5.10 Å². The van der Waals surface area contributed by atoms with Crippen LogP contribution in [0.1, 0.15) is 11.4 Å². The molecule has 10 aromatic rings. The van der Waals surface area contributed by atoms with Gasteiger partial charge in [0, 0.05) is 23.2 Å². The van der Waals surface area contributed by atoms with E-state index in [9.17, 15) is 0 Å². The van der Waals surface area contributed by atoms with Crippen LogP contribution in [0.2, 0.25) is 0 Å². The fourth-order valence-electron chi connectivity index (χ4n) is 8.44. The molecular formula is C51H38B2N6. The Morgan fingerprint density at radius 3 is 1.31 bits per heavy atom. The first-order valence-corrected chi connectivity index (χ1v) is 20.0. The molecule has 0 saturated heterocycles. The van der Waals surface area contributed by atoms with Gasteiger partial charge >= 0.3 is 0 Å². The van der Waals surface area contributed by atoms with Crippen molar-refractivity contribution >= 4 is 68.0 Å². The number of hydrogen-bond acceptors (Lipinski definition) is 5. The van der Waals surface area contributed by atoms with Crippen molar-refractivity contribution in [1.29, 1.82) is 0 Å². The number of aromatic nitrogens is 6. The first-order valence-electron chi connectivity index (χ1n) is 20.0. The maximum atomic E-state index is 5.06. The van der Waals surface area contributed by atoms with Crippen LogP contribution in [0.5, 0.6) is 0 Å². The quantitative estimate of drug-likeness (QED) is 0.153. The molecule has 0 radical (unpaired) electrons. The lowest BCUT2D eigenvalue weighted by Crippen LogP contribution is -2.52. The van der Waals surface area contributed by atoms with Crippen LogP contribution in [-0.2, 0) is 0 Å². The third-order valence-corrected chi connectivity index (χ3v) is 11.4. The van der Waals surface area contributed by atoms with Gasteiger partial charge in [0.1, 0.15) is 0 Å².